The zero-order valence-electron chi connectivity index (χ0n) is 23.5. The highest BCUT2D eigenvalue weighted by molar-refractivity contribution is 6.30. The predicted molar refractivity (Wildman–Crippen MR) is 145 cm³/mol. The summed E-state index contributed by atoms with van der Waals surface area (Å²) in [5, 5.41) is 11.9. The van der Waals surface area contributed by atoms with Gasteiger partial charge in [-0.3, -0.25) is 14.6 Å². The molecule has 2 aromatic rings. The second-order valence-electron chi connectivity index (χ2n) is 11.7. The van der Waals surface area contributed by atoms with Crippen LogP contribution in [0.1, 0.15) is 66.4 Å². The Hall–Kier alpha value is -3.21. The lowest BCUT2D eigenvalue weighted by Crippen LogP contribution is -2.56. The van der Waals surface area contributed by atoms with Gasteiger partial charge in [0.15, 0.2) is 0 Å². The maximum Gasteiger partial charge on any atom is 0.410 e. The summed E-state index contributed by atoms with van der Waals surface area (Å²) in [7, 11) is 0. The average molecular weight is 560 g/mol. The van der Waals surface area contributed by atoms with E-state index in [1.54, 1.807) is 43.9 Å². The number of rotatable bonds is 5. The first-order chi connectivity index (χ1) is 18.4. The molecular weight excluding hydrogens is 522 g/mol. The predicted octanol–water partition coefficient (Wildman–Crippen LogP) is 4.53. The fourth-order valence-corrected chi connectivity index (χ4v) is 5.67. The lowest BCUT2D eigenvalue weighted by atomic mass is 9.88. The zero-order valence-corrected chi connectivity index (χ0v) is 24.3. The number of likely N-dealkylation sites (tertiary alicyclic amines) is 2. The number of hydrogen-bond acceptors (Lipinski definition) is 7. The summed E-state index contributed by atoms with van der Waals surface area (Å²) in [6.45, 7) is 12.3. The molecular formula is C27H38ClN7O4. The molecule has 212 valence electrons. The summed E-state index contributed by atoms with van der Waals surface area (Å²) < 4.78 is 7.14. The third-order valence-electron chi connectivity index (χ3n) is 7.44. The van der Waals surface area contributed by atoms with Crippen LogP contribution in [0.5, 0.6) is 0 Å². The molecule has 2 aliphatic rings. The van der Waals surface area contributed by atoms with Gasteiger partial charge in [0.2, 0.25) is 0 Å². The zero-order chi connectivity index (χ0) is 28.5. The van der Waals surface area contributed by atoms with Crippen molar-refractivity contribution in [3.8, 4) is 5.69 Å². The van der Waals surface area contributed by atoms with Crippen molar-refractivity contribution >= 4 is 29.6 Å². The van der Waals surface area contributed by atoms with Crippen LogP contribution in [0.3, 0.4) is 0 Å². The van der Waals surface area contributed by atoms with E-state index < -0.39 is 23.6 Å². The minimum atomic E-state index is -0.836. The van der Waals surface area contributed by atoms with Crippen LogP contribution in [0.15, 0.2) is 24.5 Å². The summed E-state index contributed by atoms with van der Waals surface area (Å²) in [4.78, 5) is 46.3. The molecule has 11 nitrogen and oxygen atoms in total. The van der Waals surface area contributed by atoms with Gasteiger partial charge in [0, 0.05) is 24.2 Å². The number of tetrazole rings is 1. The summed E-state index contributed by atoms with van der Waals surface area (Å²) in [5.74, 6) is -0.449. The third kappa shape index (κ3) is 6.34. The lowest BCUT2D eigenvalue weighted by Gasteiger charge is -2.36. The maximum absolute atomic E-state index is 14.5. The summed E-state index contributed by atoms with van der Waals surface area (Å²) in [6, 6.07) is 3.94. The SMILES string of the molecule is CC(C)C1CCN(C(=O)OC(C)(C)C)[C@@H]1C(=O)N(Cc1cc(Cl)ccc1-n1cnnn1)C(=O)N1CCC[C@H]1C. The summed E-state index contributed by atoms with van der Waals surface area (Å²) in [6.07, 6.45) is 3.26. The van der Waals surface area contributed by atoms with Crippen LogP contribution >= 0.6 is 11.6 Å². The Balaban J connectivity index is 1.75. The molecule has 4 rings (SSSR count). The number of carbonyl (C=O) groups is 3. The van der Waals surface area contributed by atoms with Gasteiger partial charge >= 0.3 is 12.1 Å². The minimum absolute atomic E-state index is 0.00224. The summed E-state index contributed by atoms with van der Waals surface area (Å²) in [5.41, 5.74) is 0.481. The van der Waals surface area contributed by atoms with Crippen LogP contribution < -0.4 is 0 Å². The average Bonchev–Trinajstić information content (AvgIpc) is 3.61. The van der Waals surface area contributed by atoms with Crippen LogP contribution in [-0.4, -0.2) is 83.7 Å². The number of aromatic nitrogens is 4. The first-order valence-electron chi connectivity index (χ1n) is 13.5. The Morgan fingerprint density at radius 2 is 1.90 bits per heavy atom. The molecule has 0 radical (unpaired) electrons. The van der Waals surface area contributed by atoms with Crippen molar-refractivity contribution in [3.05, 3.63) is 35.1 Å². The van der Waals surface area contributed by atoms with Crippen molar-refractivity contribution in [1.29, 1.82) is 0 Å². The lowest BCUT2D eigenvalue weighted by molar-refractivity contribution is -0.135. The van der Waals surface area contributed by atoms with E-state index in [0.717, 1.165) is 12.8 Å². The monoisotopic (exact) mass is 559 g/mol. The number of nitrogens with zero attached hydrogens (tertiary/aromatic N) is 7. The molecule has 0 spiro atoms. The van der Waals surface area contributed by atoms with Gasteiger partial charge in [-0.15, -0.1) is 5.10 Å². The Morgan fingerprint density at radius 1 is 1.15 bits per heavy atom. The molecule has 3 atom stereocenters. The van der Waals surface area contributed by atoms with Gasteiger partial charge in [-0.2, -0.15) is 0 Å². The standard InChI is InChI=1S/C27H38ClN7O4/c1-17(2)21-11-13-33(26(38)39-27(4,5)6)23(21)24(36)34(25(37)32-12-7-8-18(32)3)15-19-14-20(28)9-10-22(19)35-16-29-30-31-35/h9-10,14,16-18,21,23H,7-8,11-13,15H2,1-6H3/t18-,21?,23+/m1/s1. The van der Waals surface area contributed by atoms with Crippen LogP contribution in [0, 0.1) is 11.8 Å². The van der Waals surface area contributed by atoms with Crippen molar-refractivity contribution in [3.63, 3.8) is 0 Å². The number of halogens is 1. The largest absolute Gasteiger partial charge is 0.444 e. The molecule has 0 N–H and O–H groups in total. The molecule has 2 saturated heterocycles. The topological polar surface area (TPSA) is 114 Å². The van der Waals surface area contributed by atoms with Crippen LogP contribution in [-0.2, 0) is 16.1 Å². The molecule has 0 bridgehead atoms. The Morgan fingerprint density at radius 3 is 2.49 bits per heavy atom. The van der Waals surface area contributed by atoms with Gasteiger partial charge < -0.3 is 9.64 Å². The van der Waals surface area contributed by atoms with Gasteiger partial charge in [0.05, 0.1) is 12.2 Å². The molecule has 0 aliphatic carbocycles. The molecule has 4 amide bonds. The van der Waals surface area contributed by atoms with E-state index in [1.165, 1.54) is 20.8 Å². The first kappa shape index (κ1) is 28.8. The Labute approximate surface area is 234 Å². The Kier molecular flexibility index (Phi) is 8.48. The number of imide groups is 1. The maximum atomic E-state index is 14.5. The molecule has 12 heteroatoms. The van der Waals surface area contributed by atoms with Crippen molar-refractivity contribution in [2.75, 3.05) is 13.1 Å². The molecule has 3 heterocycles. The van der Waals surface area contributed by atoms with E-state index in [-0.39, 0.29) is 30.5 Å². The van der Waals surface area contributed by atoms with Gasteiger partial charge in [-0.05, 0) is 93.0 Å². The molecule has 1 unspecified atom stereocenters. The molecule has 2 fully saturated rings. The highest BCUT2D eigenvalue weighted by atomic mass is 35.5. The van der Waals surface area contributed by atoms with Crippen molar-refractivity contribution in [1.82, 2.24) is 34.9 Å². The number of amides is 4. The number of hydrogen-bond donors (Lipinski definition) is 0. The highest BCUT2D eigenvalue weighted by Gasteiger charge is 2.48. The molecule has 0 saturated carbocycles. The molecule has 39 heavy (non-hydrogen) atoms. The number of ether oxygens (including phenoxy) is 1. The van der Waals surface area contributed by atoms with Crippen LogP contribution in [0.2, 0.25) is 5.02 Å². The quantitative estimate of drug-likeness (QED) is 0.528. The fraction of sp³-hybridized carbons (Fsp3) is 0.630. The number of carbonyl (C=O) groups excluding carboxylic acids is 3. The van der Waals surface area contributed by atoms with E-state index in [9.17, 15) is 14.4 Å². The first-order valence-corrected chi connectivity index (χ1v) is 13.9. The van der Waals surface area contributed by atoms with Gasteiger partial charge in [0.25, 0.3) is 5.91 Å². The third-order valence-corrected chi connectivity index (χ3v) is 7.68. The van der Waals surface area contributed by atoms with Crippen molar-refractivity contribution < 1.29 is 19.1 Å². The van der Waals surface area contributed by atoms with E-state index in [0.29, 0.717) is 35.8 Å². The van der Waals surface area contributed by atoms with E-state index in [4.69, 9.17) is 16.3 Å². The van der Waals surface area contributed by atoms with E-state index in [1.807, 2.05) is 20.8 Å². The van der Waals surface area contributed by atoms with Crippen molar-refractivity contribution in [2.24, 2.45) is 11.8 Å². The molecule has 1 aromatic heterocycles. The van der Waals surface area contributed by atoms with Gasteiger partial charge in [-0.25, -0.2) is 14.3 Å². The Bertz CT molecular complexity index is 1200. The van der Waals surface area contributed by atoms with Gasteiger partial charge in [-0.1, -0.05) is 25.4 Å². The summed E-state index contributed by atoms with van der Waals surface area (Å²) >= 11 is 6.36. The normalized spacial score (nSPS) is 21.5. The van der Waals surface area contributed by atoms with Crippen LogP contribution in [0.25, 0.3) is 5.69 Å². The fourth-order valence-electron chi connectivity index (χ4n) is 5.47. The highest BCUT2D eigenvalue weighted by Crippen LogP contribution is 2.34. The second-order valence-corrected chi connectivity index (χ2v) is 12.2. The molecule has 1 aromatic carbocycles. The van der Waals surface area contributed by atoms with Crippen molar-refractivity contribution in [2.45, 2.75) is 85.0 Å². The second kappa shape index (κ2) is 11.5. The number of urea groups is 1. The van der Waals surface area contributed by atoms with E-state index in [2.05, 4.69) is 15.5 Å². The number of benzene rings is 1. The van der Waals surface area contributed by atoms with Gasteiger partial charge in [0.1, 0.15) is 18.0 Å². The van der Waals surface area contributed by atoms with E-state index >= 15 is 0 Å². The smallest absolute Gasteiger partial charge is 0.410 e. The minimum Gasteiger partial charge on any atom is -0.444 e. The van der Waals surface area contributed by atoms with Crippen LogP contribution in [0.4, 0.5) is 9.59 Å². The molecule has 2 aliphatic heterocycles.